The molecule has 3 aliphatic heterocycles. The number of hydrogen-bond acceptors (Lipinski definition) is 8. The molecule has 1 aromatic carbocycles. The first-order valence-corrected chi connectivity index (χ1v) is 13.0. The molecule has 3 fully saturated rings. The molecule has 5 heterocycles. The summed E-state index contributed by atoms with van der Waals surface area (Å²) in [6.45, 7) is 11.4. The molecule has 0 N–H and O–H groups in total. The minimum absolute atomic E-state index is 0.0403. The summed E-state index contributed by atoms with van der Waals surface area (Å²) in [5.74, 6) is 2.81. The van der Waals surface area contributed by atoms with Crippen molar-refractivity contribution in [1.82, 2.24) is 24.6 Å². The van der Waals surface area contributed by atoms with E-state index < -0.39 is 6.10 Å². The molecule has 3 aromatic rings. The van der Waals surface area contributed by atoms with Crippen molar-refractivity contribution in [3.63, 3.8) is 0 Å². The number of aromatic nitrogens is 4. The van der Waals surface area contributed by atoms with Gasteiger partial charge in [0.2, 0.25) is 0 Å². The van der Waals surface area contributed by atoms with Gasteiger partial charge in [0, 0.05) is 18.0 Å². The van der Waals surface area contributed by atoms with Gasteiger partial charge >= 0.3 is 0 Å². The first kappa shape index (κ1) is 23.5. The van der Waals surface area contributed by atoms with E-state index in [0.29, 0.717) is 37.5 Å². The molecule has 1 unspecified atom stereocenters. The number of aryl methyl sites for hydroxylation is 2. The smallest absolute Gasteiger partial charge is 0.160 e. The maximum absolute atomic E-state index is 11.9. The number of anilines is 1. The lowest BCUT2D eigenvalue weighted by Crippen LogP contribution is -2.51. The second-order valence-corrected chi connectivity index (χ2v) is 10.4. The zero-order chi connectivity index (χ0) is 24.8. The molecule has 0 amide bonds. The Morgan fingerprint density at radius 1 is 1.03 bits per heavy atom. The highest BCUT2D eigenvalue weighted by Crippen LogP contribution is 2.34. The fraction of sp³-hybridized carbons (Fsp3) is 0.556. The molecule has 6 rings (SSSR count). The number of morpholine rings is 1. The fourth-order valence-corrected chi connectivity index (χ4v) is 5.75. The largest absolute Gasteiger partial charge is 0.378 e. The summed E-state index contributed by atoms with van der Waals surface area (Å²) in [6, 6.07) is 7.17. The van der Waals surface area contributed by atoms with Crippen LogP contribution in [0.25, 0.3) is 16.7 Å². The van der Waals surface area contributed by atoms with E-state index in [-0.39, 0.29) is 5.78 Å². The molecule has 0 bridgehead atoms. The monoisotopic (exact) mass is 490 g/mol. The number of hydrogen-bond donors (Lipinski definition) is 0. The number of nitrogens with zero attached hydrogens (tertiary/aromatic N) is 6. The van der Waals surface area contributed by atoms with E-state index in [1.165, 1.54) is 24.0 Å². The van der Waals surface area contributed by atoms with Crippen LogP contribution < -0.4 is 4.90 Å². The van der Waals surface area contributed by atoms with Gasteiger partial charge < -0.3 is 14.4 Å². The summed E-state index contributed by atoms with van der Waals surface area (Å²) in [4.78, 5) is 26.0. The van der Waals surface area contributed by atoms with Crippen molar-refractivity contribution in [3.8, 4) is 5.82 Å². The predicted octanol–water partition coefficient (Wildman–Crippen LogP) is 2.80. The van der Waals surface area contributed by atoms with E-state index >= 15 is 0 Å². The van der Waals surface area contributed by atoms with Gasteiger partial charge in [0.15, 0.2) is 11.6 Å². The topological polar surface area (TPSA) is 85.6 Å². The number of piperidine rings is 1. The normalized spacial score (nSPS) is 22.2. The van der Waals surface area contributed by atoms with E-state index in [9.17, 15) is 4.79 Å². The highest BCUT2D eigenvalue weighted by Gasteiger charge is 2.31. The van der Waals surface area contributed by atoms with Gasteiger partial charge in [-0.3, -0.25) is 9.69 Å². The zero-order valence-corrected chi connectivity index (χ0v) is 21.3. The molecule has 9 heteroatoms. The quantitative estimate of drug-likeness (QED) is 0.540. The van der Waals surface area contributed by atoms with Crippen LogP contribution in [0.5, 0.6) is 0 Å². The standard InChI is InChI=1S/C27H34N6O3/c1-17-10-21-13-28-33(24(21)11-23(17)20-4-6-31(7-5-20)22-15-35-16-22)27-12-26(29-19(3)30-27)32-8-9-36-25(14-32)18(2)34/h10-13,20,22,25H,4-9,14-16H2,1-3H3. The van der Waals surface area contributed by atoms with Gasteiger partial charge in [-0.2, -0.15) is 5.10 Å². The number of fused-ring (bicyclic) bond motifs is 1. The Labute approximate surface area is 211 Å². The molecule has 0 saturated carbocycles. The maximum atomic E-state index is 11.9. The lowest BCUT2D eigenvalue weighted by atomic mass is 9.85. The van der Waals surface area contributed by atoms with E-state index in [4.69, 9.17) is 19.6 Å². The third-order valence-electron chi connectivity index (χ3n) is 7.93. The van der Waals surface area contributed by atoms with Gasteiger partial charge in [0.05, 0.1) is 44.1 Å². The van der Waals surface area contributed by atoms with Crippen LogP contribution in [0.15, 0.2) is 24.4 Å². The molecule has 0 radical (unpaired) electrons. The third kappa shape index (κ3) is 4.40. The van der Waals surface area contributed by atoms with E-state index in [0.717, 1.165) is 48.8 Å². The number of ketones is 1. The van der Waals surface area contributed by atoms with Gasteiger partial charge in [0.1, 0.15) is 17.7 Å². The number of likely N-dealkylation sites (tertiary alicyclic amines) is 1. The average Bonchev–Trinajstić information content (AvgIpc) is 3.25. The first-order chi connectivity index (χ1) is 17.5. The molecule has 3 aliphatic rings. The molecular formula is C27H34N6O3. The van der Waals surface area contributed by atoms with Crippen LogP contribution in [0.2, 0.25) is 0 Å². The van der Waals surface area contributed by atoms with Gasteiger partial charge in [-0.05, 0) is 75.9 Å². The Balaban J connectivity index is 1.30. The summed E-state index contributed by atoms with van der Waals surface area (Å²) >= 11 is 0. The molecule has 3 saturated heterocycles. The van der Waals surface area contributed by atoms with Crippen molar-refractivity contribution in [3.05, 3.63) is 41.3 Å². The van der Waals surface area contributed by atoms with E-state index in [1.54, 1.807) is 6.92 Å². The Bertz CT molecular complexity index is 1280. The number of ether oxygens (including phenoxy) is 2. The summed E-state index contributed by atoms with van der Waals surface area (Å²) in [5.41, 5.74) is 3.81. The summed E-state index contributed by atoms with van der Waals surface area (Å²) < 4.78 is 13.0. The van der Waals surface area contributed by atoms with Crippen LogP contribution in [0, 0.1) is 13.8 Å². The molecule has 0 spiro atoms. The molecule has 36 heavy (non-hydrogen) atoms. The average molecular weight is 491 g/mol. The van der Waals surface area contributed by atoms with Crippen LogP contribution in [-0.4, -0.2) is 88.6 Å². The minimum atomic E-state index is -0.420. The van der Waals surface area contributed by atoms with Crippen molar-refractivity contribution < 1.29 is 14.3 Å². The van der Waals surface area contributed by atoms with Crippen LogP contribution in [0.4, 0.5) is 5.82 Å². The molecular weight excluding hydrogens is 456 g/mol. The van der Waals surface area contributed by atoms with Crippen molar-refractivity contribution in [2.24, 2.45) is 0 Å². The van der Waals surface area contributed by atoms with Crippen LogP contribution >= 0.6 is 0 Å². The Morgan fingerprint density at radius 2 is 1.81 bits per heavy atom. The molecule has 190 valence electrons. The van der Waals surface area contributed by atoms with Gasteiger partial charge in [-0.15, -0.1) is 0 Å². The molecule has 1 atom stereocenters. The highest BCUT2D eigenvalue weighted by atomic mass is 16.5. The summed E-state index contributed by atoms with van der Waals surface area (Å²) in [7, 11) is 0. The van der Waals surface area contributed by atoms with Crippen LogP contribution in [0.3, 0.4) is 0 Å². The summed E-state index contributed by atoms with van der Waals surface area (Å²) in [5, 5.41) is 5.84. The van der Waals surface area contributed by atoms with Crippen molar-refractivity contribution in [2.45, 2.75) is 51.7 Å². The Hall–Kier alpha value is -2.88. The Morgan fingerprint density at radius 3 is 2.53 bits per heavy atom. The van der Waals surface area contributed by atoms with Crippen LogP contribution in [-0.2, 0) is 14.3 Å². The lowest BCUT2D eigenvalue weighted by molar-refractivity contribution is -0.128. The van der Waals surface area contributed by atoms with Gasteiger partial charge in [0.25, 0.3) is 0 Å². The van der Waals surface area contributed by atoms with Crippen molar-refractivity contribution in [2.75, 3.05) is 50.9 Å². The second-order valence-electron chi connectivity index (χ2n) is 10.4. The third-order valence-corrected chi connectivity index (χ3v) is 7.93. The SMILES string of the molecule is CC(=O)C1CN(c2cc(-n3ncc4cc(C)c(C5CCN(C6COC6)CC5)cc43)nc(C)n2)CCO1. The number of benzene rings is 1. The maximum Gasteiger partial charge on any atom is 0.160 e. The first-order valence-electron chi connectivity index (χ1n) is 13.0. The number of Topliss-reactive ketones (excluding diaryl/α,β-unsaturated/α-hetero) is 1. The van der Waals surface area contributed by atoms with Crippen LogP contribution in [0.1, 0.15) is 42.6 Å². The molecule has 0 aliphatic carbocycles. The minimum Gasteiger partial charge on any atom is -0.378 e. The van der Waals surface area contributed by atoms with Gasteiger partial charge in [-0.1, -0.05) is 0 Å². The zero-order valence-electron chi connectivity index (χ0n) is 21.3. The summed E-state index contributed by atoms with van der Waals surface area (Å²) in [6.07, 6.45) is 3.84. The molecule has 9 nitrogen and oxygen atoms in total. The Kier molecular flexibility index (Phi) is 6.23. The molecule has 2 aromatic heterocycles. The van der Waals surface area contributed by atoms with Gasteiger partial charge in [-0.25, -0.2) is 14.6 Å². The second kappa shape index (κ2) is 9.53. The fourth-order valence-electron chi connectivity index (χ4n) is 5.75. The van der Waals surface area contributed by atoms with E-state index in [1.807, 2.05) is 23.9 Å². The predicted molar refractivity (Wildman–Crippen MR) is 137 cm³/mol. The van der Waals surface area contributed by atoms with Crippen molar-refractivity contribution >= 4 is 22.5 Å². The number of carbonyl (C=O) groups is 1. The highest BCUT2D eigenvalue weighted by molar-refractivity contribution is 5.82. The number of rotatable bonds is 5. The lowest BCUT2D eigenvalue weighted by Gasteiger charge is -2.41. The van der Waals surface area contributed by atoms with E-state index in [2.05, 4.69) is 33.8 Å². The van der Waals surface area contributed by atoms with Crippen molar-refractivity contribution in [1.29, 1.82) is 0 Å². The number of carbonyl (C=O) groups excluding carboxylic acids is 1.